The number of aryl methyl sites for hydroxylation is 2. The van der Waals surface area contributed by atoms with Crippen LogP contribution in [0.2, 0.25) is 0 Å². The first-order valence-corrected chi connectivity index (χ1v) is 12.3. The zero-order chi connectivity index (χ0) is 23.5. The summed E-state index contributed by atoms with van der Waals surface area (Å²) in [6, 6.07) is 8.00. The fourth-order valence-electron chi connectivity index (χ4n) is 3.90. The molecular formula is C23H29N3O5S. The SMILES string of the molecule is CCOC(=O)c1ccc(C(=O)N2CCCc3cc(S(=O)(=O)N(CC)CC)ccc32)nc1C. The Morgan fingerprint density at radius 3 is 2.47 bits per heavy atom. The Kier molecular flexibility index (Phi) is 7.30. The lowest BCUT2D eigenvalue weighted by Gasteiger charge is -2.30. The Labute approximate surface area is 189 Å². The second-order valence-electron chi connectivity index (χ2n) is 7.49. The van der Waals surface area contributed by atoms with Gasteiger partial charge in [0.05, 0.1) is 22.8 Å². The predicted molar refractivity (Wildman–Crippen MR) is 121 cm³/mol. The summed E-state index contributed by atoms with van der Waals surface area (Å²) in [6.07, 6.45) is 1.41. The van der Waals surface area contributed by atoms with Gasteiger partial charge < -0.3 is 9.64 Å². The largest absolute Gasteiger partial charge is 0.462 e. The highest BCUT2D eigenvalue weighted by molar-refractivity contribution is 7.89. The number of sulfonamides is 1. The summed E-state index contributed by atoms with van der Waals surface area (Å²) in [5, 5.41) is 0. The van der Waals surface area contributed by atoms with Crippen LogP contribution in [0, 0.1) is 6.92 Å². The van der Waals surface area contributed by atoms with Gasteiger partial charge >= 0.3 is 5.97 Å². The number of ether oxygens (including phenoxy) is 1. The van der Waals surface area contributed by atoms with Gasteiger partial charge in [-0.1, -0.05) is 13.8 Å². The van der Waals surface area contributed by atoms with E-state index < -0.39 is 16.0 Å². The molecule has 9 heteroatoms. The van der Waals surface area contributed by atoms with Crippen LogP contribution in [0.4, 0.5) is 5.69 Å². The van der Waals surface area contributed by atoms with Crippen LogP contribution in [0.3, 0.4) is 0 Å². The maximum absolute atomic E-state index is 13.2. The molecule has 0 radical (unpaired) electrons. The molecule has 32 heavy (non-hydrogen) atoms. The topological polar surface area (TPSA) is 96.9 Å². The number of rotatable bonds is 7. The molecule has 1 aromatic carbocycles. The van der Waals surface area contributed by atoms with E-state index in [0.717, 1.165) is 5.56 Å². The number of anilines is 1. The van der Waals surface area contributed by atoms with Gasteiger partial charge in [-0.05, 0) is 62.6 Å². The molecule has 1 aliphatic heterocycles. The Bertz CT molecular complexity index is 1130. The highest BCUT2D eigenvalue weighted by Gasteiger charge is 2.28. The first-order chi connectivity index (χ1) is 15.2. The quantitative estimate of drug-likeness (QED) is 0.590. The number of carbonyl (C=O) groups excluding carboxylic acids is 2. The smallest absolute Gasteiger partial charge is 0.339 e. The van der Waals surface area contributed by atoms with Gasteiger partial charge in [0.1, 0.15) is 5.69 Å². The van der Waals surface area contributed by atoms with Crippen LogP contribution >= 0.6 is 0 Å². The van der Waals surface area contributed by atoms with Gasteiger partial charge in [-0.2, -0.15) is 4.31 Å². The van der Waals surface area contributed by atoms with E-state index >= 15 is 0 Å². The summed E-state index contributed by atoms with van der Waals surface area (Å²) < 4.78 is 32.2. The summed E-state index contributed by atoms with van der Waals surface area (Å²) in [4.78, 5) is 31.4. The second-order valence-corrected chi connectivity index (χ2v) is 9.43. The fourth-order valence-corrected chi connectivity index (χ4v) is 5.41. The van der Waals surface area contributed by atoms with E-state index in [9.17, 15) is 18.0 Å². The summed E-state index contributed by atoms with van der Waals surface area (Å²) in [5.74, 6) is -0.759. The number of hydrogen-bond donors (Lipinski definition) is 0. The van der Waals surface area contributed by atoms with Gasteiger partial charge in [-0.25, -0.2) is 18.2 Å². The molecule has 2 aromatic rings. The minimum atomic E-state index is -3.57. The molecular weight excluding hydrogens is 430 g/mol. The minimum absolute atomic E-state index is 0.225. The third kappa shape index (κ3) is 4.54. The van der Waals surface area contributed by atoms with Gasteiger partial charge in [0.2, 0.25) is 10.0 Å². The highest BCUT2D eigenvalue weighted by atomic mass is 32.2. The molecule has 3 rings (SSSR count). The molecule has 0 atom stereocenters. The molecule has 0 spiro atoms. The van der Waals surface area contributed by atoms with Gasteiger partial charge in [-0.15, -0.1) is 0 Å². The molecule has 1 aliphatic rings. The number of amides is 1. The standard InChI is InChI=1S/C23H29N3O5S/c1-5-25(6-2)32(29,30)18-10-13-21-17(15-18)9-8-14-26(21)22(27)20-12-11-19(16(4)24-20)23(28)31-7-3/h10-13,15H,5-9,14H2,1-4H3. The number of esters is 1. The third-order valence-electron chi connectivity index (χ3n) is 5.56. The van der Waals surface area contributed by atoms with Crippen molar-refractivity contribution in [2.24, 2.45) is 0 Å². The van der Waals surface area contributed by atoms with Gasteiger partial charge in [0.25, 0.3) is 5.91 Å². The number of hydrogen-bond acceptors (Lipinski definition) is 6. The minimum Gasteiger partial charge on any atom is -0.462 e. The average Bonchev–Trinajstić information content (AvgIpc) is 2.78. The van der Waals surface area contributed by atoms with Crippen molar-refractivity contribution in [1.82, 2.24) is 9.29 Å². The van der Waals surface area contributed by atoms with E-state index in [-0.39, 0.29) is 23.1 Å². The first-order valence-electron chi connectivity index (χ1n) is 10.8. The predicted octanol–water partition coefficient (Wildman–Crippen LogP) is 3.19. The Hall–Kier alpha value is -2.78. The van der Waals surface area contributed by atoms with Crippen LogP contribution in [-0.4, -0.2) is 55.8 Å². The third-order valence-corrected chi connectivity index (χ3v) is 7.60. The van der Waals surface area contributed by atoms with Gasteiger partial charge in [0, 0.05) is 25.3 Å². The Morgan fingerprint density at radius 1 is 1.12 bits per heavy atom. The molecule has 0 saturated heterocycles. The van der Waals surface area contributed by atoms with Crippen LogP contribution in [0.25, 0.3) is 0 Å². The number of pyridine rings is 1. The molecule has 0 bridgehead atoms. The zero-order valence-electron chi connectivity index (χ0n) is 18.9. The molecule has 2 heterocycles. The lowest BCUT2D eigenvalue weighted by molar-refractivity contribution is 0.0524. The van der Waals surface area contributed by atoms with E-state index in [1.54, 1.807) is 43.0 Å². The van der Waals surface area contributed by atoms with Crippen LogP contribution in [0.1, 0.15) is 59.3 Å². The van der Waals surface area contributed by atoms with E-state index in [0.29, 0.717) is 49.4 Å². The van der Waals surface area contributed by atoms with E-state index in [2.05, 4.69) is 4.98 Å². The number of carbonyl (C=O) groups is 2. The lowest BCUT2D eigenvalue weighted by atomic mass is 10.0. The van der Waals surface area contributed by atoms with Crippen molar-refractivity contribution in [2.75, 3.05) is 31.1 Å². The fraction of sp³-hybridized carbons (Fsp3) is 0.435. The highest BCUT2D eigenvalue weighted by Crippen LogP contribution is 2.31. The monoisotopic (exact) mass is 459 g/mol. The van der Waals surface area contributed by atoms with Crippen LogP contribution in [0.5, 0.6) is 0 Å². The van der Waals surface area contributed by atoms with E-state index in [1.165, 1.54) is 10.4 Å². The summed E-state index contributed by atoms with van der Waals surface area (Å²) in [5.41, 5.74) is 2.48. The van der Waals surface area contributed by atoms with Crippen molar-refractivity contribution in [1.29, 1.82) is 0 Å². The molecule has 172 valence electrons. The zero-order valence-corrected chi connectivity index (χ0v) is 19.7. The summed E-state index contributed by atoms with van der Waals surface area (Å²) in [6.45, 7) is 8.57. The lowest BCUT2D eigenvalue weighted by Crippen LogP contribution is -2.36. The summed E-state index contributed by atoms with van der Waals surface area (Å²) in [7, 11) is -3.57. The Balaban J connectivity index is 1.92. The van der Waals surface area contributed by atoms with Crippen molar-refractivity contribution in [2.45, 2.75) is 45.4 Å². The molecule has 1 amide bonds. The maximum Gasteiger partial charge on any atom is 0.339 e. The van der Waals surface area contributed by atoms with Crippen molar-refractivity contribution in [3.05, 3.63) is 52.8 Å². The normalized spacial score (nSPS) is 13.7. The molecule has 1 aromatic heterocycles. The van der Waals surface area contributed by atoms with Gasteiger partial charge in [-0.3, -0.25) is 4.79 Å². The van der Waals surface area contributed by atoms with Crippen LogP contribution in [0.15, 0.2) is 35.2 Å². The van der Waals surface area contributed by atoms with Crippen molar-refractivity contribution >= 4 is 27.6 Å². The summed E-state index contributed by atoms with van der Waals surface area (Å²) >= 11 is 0. The maximum atomic E-state index is 13.2. The average molecular weight is 460 g/mol. The Morgan fingerprint density at radius 2 is 1.84 bits per heavy atom. The molecule has 8 nitrogen and oxygen atoms in total. The molecule has 0 fully saturated rings. The molecule has 0 N–H and O–H groups in total. The number of aromatic nitrogens is 1. The number of benzene rings is 1. The molecule has 0 unspecified atom stereocenters. The van der Waals surface area contributed by atoms with E-state index in [4.69, 9.17) is 4.74 Å². The van der Waals surface area contributed by atoms with Crippen molar-refractivity contribution in [3.63, 3.8) is 0 Å². The number of fused-ring (bicyclic) bond motifs is 1. The van der Waals surface area contributed by atoms with Crippen molar-refractivity contribution < 1.29 is 22.7 Å². The van der Waals surface area contributed by atoms with Gasteiger partial charge in [0.15, 0.2) is 0 Å². The van der Waals surface area contributed by atoms with Crippen molar-refractivity contribution in [3.8, 4) is 0 Å². The second kappa shape index (κ2) is 9.79. The van der Waals surface area contributed by atoms with E-state index in [1.807, 2.05) is 13.8 Å². The molecule has 0 saturated carbocycles. The number of nitrogens with zero attached hydrogens (tertiary/aromatic N) is 3. The van der Waals surface area contributed by atoms with Crippen LogP contribution in [-0.2, 0) is 21.2 Å². The van der Waals surface area contributed by atoms with Crippen LogP contribution < -0.4 is 4.90 Å². The molecule has 0 aliphatic carbocycles. The first kappa shape index (κ1) is 23.9.